The van der Waals surface area contributed by atoms with Gasteiger partial charge in [0.2, 0.25) is 5.91 Å². The summed E-state index contributed by atoms with van der Waals surface area (Å²) in [6, 6.07) is 3.15. The Hall–Kier alpha value is -2.77. The van der Waals surface area contributed by atoms with Crippen molar-refractivity contribution in [3.05, 3.63) is 41.3 Å². The summed E-state index contributed by atoms with van der Waals surface area (Å²) in [7, 11) is 0. The molecule has 0 bridgehead atoms. The Labute approximate surface area is 152 Å². The summed E-state index contributed by atoms with van der Waals surface area (Å²) in [5.41, 5.74) is 1.39. The number of hydrogen-bond donors (Lipinski definition) is 0. The second-order valence-electron chi connectivity index (χ2n) is 6.43. The summed E-state index contributed by atoms with van der Waals surface area (Å²) >= 11 is 0. The number of nitrogens with zero attached hydrogens (tertiary/aromatic N) is 5. The van der Waals surface area contributed by atoms with Crippen molar-refractivity contribution in [1.29, 1.82) is 0 Å². The van der Waals surface area contributed by atoms with Gasteiger partial charge in [0.25, 0.3) is 11.8 Å². The van der Waals surface area contributed by atoms with Crippen LogP contribution in [-0.4, -0.2) is 56.4 Å². The molecule has 1 saturated heterocycles. The van der Waals surface area contributed by atoms with Gasteiger partial charge in [0.1, 0.15) is 6.04 Å². The first kappa shape index (κ1) is 18.0. The van der Waals surface area contributed by atoms with Gasteiger partial charge in [-0.05, 0) is 32.4 Å². The molecule has 1 fully saturated rings. The van der Waals surface area contributed by atoms with E-state index in [1.807, 2.05) is 19.9 Å². The second-order valence-corrected chi connectivity index (χ2v) is 6.43. The van der Waals surface area contributed by atoms with Crippen molar-refractivity contribution < 1.29 is 14.1 Å². The lowest BCUT2D eigenvalue weighted by atomic mass is 10.2. The summed E-state index contributed by atoms with van der Waals surface area (Å²) in [5.74, 6) is 0.779. The van der Waals surface area contributed by atoms with Crippen molar-refractivity contribution in [3.63, 3.8) is 0 Å². The first-order valence-corrected chi connectivity index (χ1v) is 8.81. The molecule has 8 nitrogen and oxygen atoms in total. The van der Waals surface area contributed by atoms with Crippen molar-refractivity contribution >= 4 is 11.8 Å². The highest BCUT2D eigenvalue weighted by Crippen LogP contribution is 2.25. The quantitative estimate of drug-likeness (QED) is 0.833. The number of aromatic nitrogens is 3. The van der Waals surface area contributed by atoms with Crippen LogP contribution in [0.5, 0.6) is 0 Å². The molecule has 2 amide bonds. The lowest BCUT2D eigenvalue weighted by molar-refractivity contribution is -0.133. The summed E-state index contributed by atoms with van der Waals surface area (Å²) < 4.78 is 5.33. The zero-order valence-corrected chi connectivity index (χ0v) is 15.3. The van der Waals surface area contributed by atoms with Crippen LogP contribution in [-0.2, 0) is 4.79 Å². The topological polar surface area (TPSA) is 92.4 Å². The van der Waals surface area contributed by atoms with Crippen LogP contribution in [0.4, 0.5) is 0 Å². The van der Waals surface area contributed by atoms with E-state index in [9.17, 15) is 9.59 Å². The molecule has 1 aliphatic rings. The Bertz CT molecular complexity index is 786. The minimum Gasteiger partial charge on any atom is -0.337 e. The normalized spacial score (nSPS) is 17.9. The molecule has 0 N–H and O–H groups in total. The van der Waals surface area contributed by atoms with Gasteiger partial charge < -0.3 is 14.3 Å². The lowest BCUT2D eigenvalue weighted by Crippen LogP contribution is -2.40. The van der Waals surface area contributed by atoms with Gasteiger partial charge in [-0.1, -0.05) is 12.1 Å². The third-order valence-electron chi connectivity index (χ3n) is 4.49. The predicted molar refractivity (Wildman–Crippen MR) is 93.3 cm³/mol. The van der Waals surface area contributed by atoms with Crippen molar-refractivity contribution in [1.82, 2.24) is 24.9 Å². The highest BCUT2D eigenvalue weighted by atomic mass is 16.5. The van der Waals surface area contributed by atoms with Gasteiger partial charge in [-0.3, -0.25) is 14.6 Å². The van der Waals surface area contributed by atoms with E-state index in [1.54, 1.807) is 29.0 Å². The van der Waals surface area contributed by atoms with E-state index in [0.717, 1.165) is 5.69 Å². The molecule has 2 aromatic heterocycles. The van der Waals surface area contributed by atoms with Gasteiger partial charge in [0, 0.05) is 31.4 Å². The summed E-state index contributed by atoms with van der Waals surface area (Å²) in [4.78, 5) is 37.3. The SMILES string of the molecule is CCC(=O)N1CCCN(C(=O)c2ccc(C)nc2)CC1c1nc(C)no1. The standard InChI is InChI=1S/C18H23N5O3/c1-4-16(24)23-9-5-8-22(11-15(23)17-20-13(3)21-26-17)18(25)14-7-6-12(2)19-10-14/h6-7,10,15H,4-5,8-9,11H2,1-3H3. The second kappa shape index (κ2) is 7.63. The van der Waals surface area contributed by atoms with Crippen LogP contribution >= 0.6 is 0 Å². The molecular formula is C18H23N5O3. The molecule has 26 heavy (non-hydrogen) atoms. The van der Waals surface area contributed by atoms with Crippen LogP contribution in [0.15, 0.2) is 22.9 Å². The Balaban J connectivity index is 1.88. The van der Waals surface area contributed by atoms with Crippen LogP contribution in [0.25, 0.3) is 0 Å². The van der Waals surface area contributed by atoms with Crippen LogP contribution in [0.1, 0.15) is 53.6 Å². The van der Waals surface area contributed by atoms with Crippen molar-refractivity contribution in [2.75, 3.05) is 19.6 Å². The van der Waals surface area contributed by atoms with Gasteiger partial charge >= 0.3 is 0 Å². The molecule has 0 spiro atoms. The smallest absolute Gasteiger partial charge is 0.255 e. The first-order chi connectivity index (χ1) is 12.5. The van der Waals surface area contributed by atoms with E-state index in [0.29, 0.717) is 49.8 Å². The van der Waals surface area contributed by atoms with Gasteiger partial charge in [0.15, 0.2) is 5.82 Å². The fraction of sp³-hybridized carbons (Fsp3) is 0.500. The average Bonchev–Trinajstić information content (AvgIpc) is 2.95. The highest BCUT2D eigenvalue weighted by Gasteiger charge is 2.34. The fourth-order valence-corrected chi connectivity index (χ4v) is 3.11. The van der Waals surface area contributed by atoms with E-state index in [1.165, 1.54) is 0 Å². The van der Waals surface area contributed by atoms with Crippen LogP contribution in [0.3, 0.4) is 0 Å². The van der Waals surface area contributed by atoms with Crippen molar-refractivity contribution in [2.45, 2.75) is 39.7 Å². The van der Waals surface area contributed by atoms with E-state index < -0.39 is 6.04 Å². The fourth-order valence-electron chi connectivity index (χ4n) is 3.11. The van der Waals surface area contributed by atoms with E-state index in [2.05, 4.69) is 15.1 Å². The molecule has 0 saturated carbocycles. The highest BCUT2D eigenvalue weighted by molar-refractivity contribution is 5.94. The molecule has 1 atom stereocenters. The minimum atomic E-state index is -0.437. The van der Waals surface area contributed by atoms with E-state index in [4.69, 9.17) is 4.52 Å². The monoisotopic (exact) mass is 357 g/mol. The molecule has 1 aliphatic heterocycles. The van der Waals surface area contributed by atoms with Crippen molar-refractivity contribution in [2.24, 2.45) is 0 Å². The zero-order valence-electron chi connectivity index (χ0n) is 15.3. The number of hydrogen-bond acceptors (Lipinski definition) is 6. The maximum atomic E-state index is 12.9. The molecular weight excluding hydrogens is 334 g/mol. The van der Waals surface area contributed by atoms with E-state index >= 15 is 0 Å². The Morgan fingerprint density at radius 3 is 2.69 bits per heavy atom. The van der Waals surface area contributed by atoms with Gasteiger partial charge in [-0.15, -0.1) is 0 Å². The Morgan fingerprint density at radius 1 is 1.27 bits per heavy atom. The lowest BCUT2D eigenvalue weighted by Gasteiger charge is -2.29. The molecule has 0 aliphatic carbocycles. The van der Waals surface area contributed by atoms with Crippen molar-refractivity contribution in [3.8, 4) is 0 Å². The number of amides is 2. The molecule has 8 heteroatoms. The molecule has 3 heterocycles. The number of rotatable bonds is 3. The number of carbonyl (C=O) groups excluding carboxylic acids is 2. The third kappa shape index (κ3) is 3.74. The maximum Gasteiger partial charge on any atom is 0.255 e. The third-order valence-corrected chi connectivity index (χ3v) is 4.49. The van der Waals surface area contributed by atoms with Crippen LogP contribution in [0, 0.1) is 13.8 Å². The molecule has 138 valence electrons. The molecule has 2 aromatic rings. The Morgan fingerprint density at radius 2 is 2.08 bits per heavy atom. The average molecular weight is 357 g/mol. The molecule has 0 aromatic carbocycles. The first-order valence-electron chi connectivity index (χ1n) is 8.81. The maximum absolute atomic E-state index is 12.9. The molecule has 1 unspecified atom stereocenters. The van der Waals surface area contributed by atoms with Crippen LogP contribution < -0.4 is 0 Å². The van der Waals surface area contributed by atoms with Gasteiger partial charge in [-0.25, -0.2) is 0 Å². The Kier molecular flexibility index (Phi) is 5.29. The number of carbonyl (C=O) groups is 2. The van der Waals surface area contributed by atoms with Gasteiger partial charge in [0.05, 0.1) is 12.1 Å². The minimum absolute atomic E-state index is 0.0113. The largest absolute Gasteiger partial charge is 0.337 e. The van der Waals surface area contributed by atoms with Crippen LogP contribution in [0.2, 0.25) is 0 Å². The summed E-state index contributed by atoms with van der Waals surface area (Å²) in [5, 5.41) is 3.84. The van der Waals surface area contributed by atoms with E-state index in [-0.39, 0.29) is 11.8 Å². The zero-order chi connectivity index (χ0) is 18.7. The molecule has 0 radical (unpaired) electrons. The summed E-state index contributed by atoms with van der Waals surface area (Å²) in [6.45, 7) is 6.86. The number of pyridine rings is 1. The summed E-state index contributed by atoms with van der Waals surface area (Å²) in [6.07, 6.45) is 2.67. The molecule has 3 rings (SSSR count). The predicted octanol–water partition coefficient (Wildman–Crippen LogP) is 1.91. The number of aryl methyl sites for hydroxylation is 2. The van der Waals surface area contributed by atoms with Gasteiger partial charge in [-0.2, -0.15) is 4.98 Å².